The maximum atomic E-state index is 12.3. The first-order valence-corrected chi connectivity index (χ1v) is 8.06. The van der Waals surface area contributed by atoms with Crippen LogP contribution in [0.15, 0.2) is 21.3 Å². The van der Waals surface area contributed by atoms with E-state index in [-0.39, 0.29) is 39.5 Å². The molecule has 2 aromatic rings. The van der Waals surface area contributed by atoms with Crippen LogP contribution in [-0.2, 0) is 4.74 Å². The molecule has 0 saturated heterocycles. The number of carbonyl (C=O) groups is 1. The van der Waals surface area contributed by atoms with Gasteiger partial charge in [0.1, 0.15) is 22.6 Å². The molecule has 0 aliphatic rings. The van der Waals surface area contributed by atoms with Crippen molar-refractivity contribution in [3.63, 3.8) is 0 Å². The highest BCUT2D eigenvalue weighted by atomic mass is 16.5. The average Bonchev–Trinajstić information content (AvgIpc) is 2.57. The molecule has 0 fully saturated rings. The van der Waals surface area contributed by atoms with Crippen LogP contribution in [0, 0.1) is 0 Å². The summed E-state index contributed by atoms with van der Waals surface area (Å²) in [6.45, 7) is 3.97. The van der Waals surface area contributed by atoms with Crippen molar-refractivity contribution < 1.29 is 24.2 Å². The van der Waals surface area contributed by atoms with Gasteiger partial charge in [-0.1, -0.05) is 26.7 Å². The molecule has 0 bridgehead atoms. The van der Waals surface area contributed by atoms with Gasteiger partial charge in [0.15, 0.2) is 0 Å². The second kappa shape index (κ2) is 7.38. The lowest BCUT2D eigenvalue weighted by Gasteiger charge is -2.17. The number of benzene rings is 1. The highest BCUT2D eigenvalue weighted by Crippen LogP contribution is 2.39. The number of methoxy groups -OCH3 is 1. The summed E-state index contributed by atoms with van der Waals surface area (Å²) in [5.41, 5.74) is -0.647. The summed E-state index contributed by atoms with van der Waals surface area (Å²) in [5.74, 6) is -1.65. The zero-order chi connectivity index (χ0) is 17.9. The summed E-state index contributed by atoms with van der Waals surface area (Å²) in [7, 11) is 1.17. The molecule has 0 saturated carbocycles. The fourth-order valence-electron chi connectivity index (χ4n) is 2.95. The number of fused-ring (bicyclic) bond motifs is 1. The Hall–Kier alpha value is -2.50. The van der Waals surface area contributed by atoms with Gasteiger partial charge in [-0.05, 0) is 30.9 Å². The van der Waals surface area contributed by atoms with Crippen molar-refractivity contribution in [3.05, 3.63) is 33.7 Å². The fraction of sp³-hybridized carbons (Fsp3) is 0.444. The monoisotopic (exact) mass is 334 g/mol. The van der Waals surface area contributed by atoms with E-state index in [1.54, 1.807) is 0 Å². The van der Waals surface area contributed by atoms with Gasteiger partial charge in [0.2, 0.25) is 0 Å². The number of aromatic hydroxyl groups is 2. The number of unbranched alkanes of at least 4 members (excludes halogenated alkanes) is 1. The maximum Gasteiger partial charge on any atom is 0.343 e. The molecule has 1 aromatic carbocycles. The molecule has 1 unspecified atom stereocenters. The van der Waals surface area contributed by atoms with Crippen LogP contribution in [0.5, 0.6) is 11.5 Å². The summed E-state index contributed by atoms with van der Waals surface area (Å²) >= 11 is 0. The summed E-state index contributed by atoms with van der Waals surface area (Å²) in [4.78, 5) is 24.3. The topological polar surface area (TPSA) is 97.0 Å². The molecule has 130 valence electrons. The molecule has 1 atom stereocenters. The summed E-state index contributed by atoms with van der Waals surface area (Å²) < 4.78 is 9.96. The van der Waals surface area contributed by atoms with Crippen molar-refractivity contribution in [2.45, 2.75) is 45.4 Å². The Labute approximate surface area is 139 Å². The number of esters is 1. The second-order valence-electron chi connectivity index (χ2n) is 5.72. The lowest BCUT2D eigenvalue weighted by Crippen LogP contribution is -2.14. The quantitative estimate of drug-likeness (QED) is 0.618. The van der Waals surface area contributed by atoms with Gasteiger partial charge >= 0.3 is 11.6 Å². The normalized spacial score (nSPS) is 12.3. The van der Waals surface area contributed by atoms with Crippen molar-refractivity contribution in [1.29, 1.82) is 0 Å². The van der Waals surface area contributed by atoms with Crippen molar-refractivity contribution in [2.75, 3.05) is 7.11 Å². The van der Waals surface area contributed by atoms with Gasteiger partial charge in [-0.2, -0.15) is 0 Å². The Morgan fingerprint density at radius 2 is 2.00 bits per heavy atom. The van der Waals surface area contributed by atoms with Crippen LogP contribution in [0.3, 0.4) is 0 Å². The van der Waals surface area contributed by atoms with E-state index in [1.165, 1.54) is 19.2 Å². The molecule has 6 nitrogen and oxygen atoms in total. The Kier molecular flexibility index (Phi) is 5.49. The van der Waals surface area contributed by atoms with Crippen molar-refractivity contribution >= 4 is 16.9 Å². The van der Waals surface area contributed by atoms with E-state index < -0.39 is 11.6 Å². The van der Waals surface area contributed by atoms with Gasteiger partial charge in [0, 0.05) is 0 Å². The Morgan fingerprint density at radius 1 is 1.29 bits per heavy atom. The number of phenolic OH excluding ortho intramolecular Hbond substituents is 1. The Balaban J connectivity index is 2.79. The third kappa shape index (κ3) is 3.09. The molecule has 0 spiro atoms. The van der Waals surface area contributed by atoms with Crippen molar-refractivity contribution in [3.8, 4) is 11.5 Å². The van der Waals surface area contributed by atoms with Gasteiger partial charge in [-0.15, -0.1) is 0 Å². The summed E-state index contributed by atoms with van der Waals surface area (Å²) in [6, 6.07) is 2.57. The third-order valence-electron chi connectivity index (χ3n) is 4.26. The first kappa shape index (κ1) is 17.8. The van der Waals surface area contributed by atoms with Crippen molar-refractivity contribution in [1.82, 2.24) is 0 Å². The van der Waals surface area contributed by atoms with Crippen molar-refractivity contribution in [2.24, 2.45) is 0 Å². The van der Waals surface area contributed by atoms with E-state index in [0.717, 1.165) is 19.3 Å². The zero-order valence-corrected chi connectivity index (χ0v) is 14.1. The Morgan fingerprint density at radius 3 is 2.58 bits per heavy atom. The van der Waals surface area contributed by atoms with Gasteiger partial charge in [0.05, 0.1) is 18.1 Å². The molecule has 0 aliphatic carbocycles. The zero-order valence-electron chi connectivity index (χ0n) is 14.1. The number of phenols is 1. The van der Waals surface area contributed by atoms with Crippen LogP contribution in [0.1, 0.15) is 61.4 Å². The number of rotatable bonds is 6. The van der Waals surface area contributed by atoms with Crippen LogP contribution in [0.25, 0.3) is 11.0 Å². The van der Waals surface area contributed by atoms with Crippen LogP contribution in [0.2, 0.25) is 0 Å². The average molecular weight is 334 g/mol. The molecule has 1 heterocycles. The number of hydrogen-bond donors (Lipinski definition) is 2. The van der Waals surface area contributed by atoms with Crippen LogP contribution in [-0.4, -0.2) is 23.3 Å². The van der Waals surface area contributed by atoms with E-state index in [0.29, 0.717) is 6.42 Å². The smallest absolute Gasteiger partial charge is 0.343 e. The molecule has 0 aliphatic heterocycles. The highest BCUT2D eigenvalue weighted by Gasteiger charge is 2.26. The number of hydrogen-bond acceptors (Lipinski definition) is 6. The van der Waals surface area contributed by atoms with Gasteiger partial charge in [-0.25, -0.2) is 9.59 Å². The predicted octanol–water partition coefficient (Wildman–Crippen LogP) is 3.67. The van der Waals surface area contributed by atoms with E-state index in [9.17, 15) is 19.8 Å². The third-order valence-corrected chi connectivity index (χ3v) is 4.26. The number of carbonyl (C=O) groups excluding carboxylic acids is 1. The lowest BCUT2D eigenvalue weighted by molar-refractivity contribution is 0.0599. The molecular weight excluding hydrogens is 312 g/mol. The standard InChI is InChI=1S/C18H22O6/c1-4-6-7-10(5-2)13-16(20)15-12(24-18(13)22)9-8-11(19)14(15)17(21)23-3/h8-10,19-20H,4-7H2,1-3H3. The summed E-state index contributed by atoms with van der Waals surface area (Å²) in [5, 5.41) is 20.7. The van der Waals surface area contributed by atoms with E-state index in [4.69, 9.17) is 4.42 Å². The van der Waals surface area contributed by atoms with Crippen LogP contribution < -0.4 is 5.63 Å². The molecule has 2 N–H and O–H groups in total. The molecule has 24 heavy (non-hydrogen) atoms. The number of ether oxygens (including phenoxy) is 1. The predicted molar refractivity (Wildman–Crippen MR) is 89.7 cm³/mol. The minimum absolute atomic E-state index is 0.00592. The maximum absolute atomic E-state index is 12.3. The van der Waals surface area contributed by atoms with Crippen LogP contribution >= 0.6 is 0 Å². The molecular formula is C18H22O6. The molecule has 6 heteroatoms. The summed E-state index contributed by atoms with van der Waals surface area (Å²) in [6.07, 6.45) is 3.24. The minimum Gasteiger partial charge on any atom is -0.507 e. The first-order chi connectivity index (χ1) is 11.5. The second-order valence-corrected chi connectivity index (χ2v) is 5.72. The van der Waals surface area contributed by atoms with E-state index in [1.807, 2.05) is 13.8 Å². The highest BCUT2D eigenvalue weighted by molar-refractivity contribution is 6.08. The SMILES string of the molecule is CCCCC(CC)c1c(O)c2c(C(=O)OC)c(O)ccc2oc1=O. The van der Waals surface area contributed by atoms with Gasteiger partial charge in [0.25, 0.3) is 0 Å². The van der Waals surface area contributed by atoms with E-state index in [2.05, 4.69) is 4.74 Å². The molecule has 2 rings (SSSR count). The van der Waals surface area contributed by atoms with E-state index >= 15 is 0 Å². The fourth-order valence-corrected chi connectivity index (χ4v) is 2.95. The molecule has 0 amide bonds. The van der Waals surface area contributed by atoms with Gasteiger partial charge in [-0.3, -0.25) is 0 Å². The lowest BCUT2D eigenvalue weighted by atomic mass is 9.90. The largest absolute Gasteiger partial charge is 0.507 e. The van der Waals surface area contributed by atoms with Gasteiger partial charge < -0.3 is 19.4 Å². The first-order valence-electron chi connectivity index (χ1n) is 8.06. The minimum atomic E-state index is -0.810. The molecule has 1 aromatic heterocycles. The molecule has 0 radical (unpaired) electrons. The van der Waals surface area contributed by atoms with Crippen LogP contribution in [0.4, 0.5) is 0 Å². The Bertz CT molecular complexity index is 805.